The fourth-order valence-electron chi connectivity index (χ4n) is 1.91. The Bertz CT molecular complexity index is 308. The summed E-state index contributed by atoms with van der Waals surface area (Å²) in [5.41, 5.74) is 6.32. The molecule has 16 heavy (non-hydrogen) atoms. The van der Waals surface area contributed by atoms with Crippen LogP contribution in [0.5, 0.6) is 0 Å². The van der Waals surface area contributed by atoms with Crippen LogP contribution in [0.1, 0.15) is 6.92 Å². The maximum atomic E-state index is 5.59. The first-order valence-corrected chi connectivity index (χ1v) is 5.57. The molecule has 90 valence electrons. The van der Waals surface area contributed by atoms with Crippen LogP contribution >= 0.6 is 0 Å². The first kappa shape index (κ1) is 11.4. The average Bonchev–Trinajstić information content (AvgIpc) is 2.27. The lowest BCUT2D eigenvalue weighted by atomic mass is 10.1. The second-order valence-corrected chi connectivity index (χ2v) is 4.27. The van der Waals surface area contributed by atoms with Gasteiger partial charge in [0.25, 0.3) is 0 Å². The van der Waals surface area contributed by atoms with Crippen LogP contribution in [0.3, 0.4) is 0 Å². The summed E-state index contributed by atoms with van der Waals surface area (Å²) in [5.74, 6) is 0.683. The van der Waals surface area contributed by atoms with E-state index in [-0.39, 0.29) is 0 Å². The molecule has 2 aliphatic rings. The van der Waals surface area contributed by atoms with Gasteiger partial charge in [0, 0.05) is 32.0 Å². The van der Waals surface area contributed by atoms with Crippen molar-refractivity contribution in [3.8, 4) is 0 Å². The summed E-state index contributed by atoms with van der Waals surface area (Å²) >= 11 is 0. The molecule has 0 unspecified atom stereocenters. The Labute approximate surface area is 95.9 Å². The molecular weight excluding hydrogens is 206 g/mol. The molecule has 0 aliphatic carbocycles. The van der Waals surface area contributed by atoms with E-state index in [9.17, 15) is 0 Å². The van der Waals surface area contributed by atoms with Gasteiger partial charge in [0.15, 0.2) is 0 Å². The van der Waals surface area contributed by atoms with Crippen molar-refractivity contribution in [1.29, 1.82) is 0 Å². The first-order chi connectivity index (χ1) is 7.74. The summed E-state index contributed by atoms with van der Waals surface area (Å²) < 4.78 is 10.8. The molecule has 0 aromatic heterocycles. The zero-order valence-corrected chi connectivity index (χ0v) is 9.85. The molecule has 5 heteroatoms. The number of hydrogen-bond donors (Lipinski definition) is 1. The van der Waals surface area contributed by atoms with E-state index in [1.165, 1.54) is 6.20 Å². The van der Waals surface area contributed by atoms with Gasteiger partial charge in [-0.3, -0.25) is 4.90 Å². The zero-order valence-electron chi connectivity index (χ0n) is 9.85. The number of hydrogen-bond acceptors (Lipinski definition) is 5. The van der Waals surface area contributed by atoms with Gasteiger partial charge in [0.05, 0.1) is 18.7 Å². The minimum atomic E-state index is 0.385. The lowest BCUT2D eigenvalue weighted by Crippen LogP contribution is -2.59. The maximum absolute atomic E-state index is 5.59. The lowest BCUT2D eigenvalue weighted by molar-refractivity contribution is -0.0591. The number of nitrogens with zero attached hydrogens (tertiary/aromatic N) is 2. The van der Waals surface area contributed by atoms with Crippen molar-refractivity contribution in [3.05, 3.63) is 11.8 Å². The summed E-state index contributed by atoms with van der Waals surface area (Å²) in [5, 5.41) is 0. The molecule has 5 nitrogen and oxygen atoms in total. The van der Waals surface area contributed by atoms with Gasteiger partial charge in [-0.1, -0.05) is 0 Å². The molecule has 2 rings (SSSR count). The van der Waals surface area contributed by atoms with Crippen molar-refractivity contribution < 1.29 is 9.47 Å². The Morgan fingerprint density at radius 1 is 1.62 bits per heavy atom. The van der Waals surface area contributed by atoms with Crippen molar-refractivity contribution in [2.24, 2.45) is 10.7 Å². The highest BCUT2D eigenvalue weighted by Gasteiger charge is 2.34. The Kier molecular flexibility index (Phi) is 3.46. The first-order valence-electron chi connectivity index (χ1n) is 5.57. The Balaban J connectivity index is 1.84. The van der Waals surface area contributed by atoms with Crippen LogP contribution in [-0.2, 0) is 9.47 Å². The molecule has 0 spiro atoms. The molecule has 1 atom stereocenters. The molecule has 2 heterocycles. The van der Waals surface area contributed by atoms with Crippen molar-refractivity contribution in [1.82, 2.24) is 4.90 Å². The SMILES string of the molecule is COC1CN([C@H]2CN=C(/C(C)=C\N)OC2)C1. The molecule has 1 saturated heterocycles. The standard InChI is InChI=1S/C11H19N3O2/c1-8(3-12)11-13-4-9(7-16-11)14-5-10(6-14)15-2/h3,9-10H,4-7,12H2,1-2H3/b8-3-/t9-/m0/s1. The second kappa shape index (κ2) is 4.84. The van der Waals surface area contributed by atoms with E-state index in [1.807, 2.05) is 6.92 Å². The van der Waals surface area contributed by atoms with Gasteiger partial charge in [0.1, 0.15) is 6.61 Å². The maximum Gasteiger partial charge on any atom is 0.213 e. The number of methoxy groups -OCH3 is 1. The molecule has 0 bridgehead atoms. The van der Waals surface area contributed by atoms with Gasteiger partial charge in [0.2, 0.25) is 5.90 Å². The van der Waals surface area contributed by atoms with Crippen LogP contribution in [0.4, 0.5) is 0 Å². The summed E-state index contributed by atoms with van der Waals surface area (Å²) in [6, 6.07) is 0.390. The van der Waals surface area contributed by atoms with E-state index in [2.05, 4.69) is 9.89 Å². The molecule has 0 aromatic carbocycles. The predicted molar refractivity (Wildman–Crippen MR) is 62.4 cm³/mol. The van der Waals surface area contributed by atoms with E-state index < -0.39 is 0 Å². The Hall–Kier alpha value is -1.07. The minimum absolute atomic E-state index is 0.385. The molecule has 2 N–H and O–H groups in total. The largest absolute Gasteiger partial charge is 0.476 e. The molecule has 2 aliphatic heterocycles. The van der Waals surface area contributed by atoms with Crippen LogP contribution in [0.25, 0.3) is 0 Å². The average molecular weight is 225 g/mol. The molecule has 0 aromatic rings. The highest BCUT2D eigenvalue weighted by atomic mass is 16.5. The Morgan fingerprint density at radius 2 is 2.38 bits per heavy atom. The zero-order chi connectivity index (χ0) is 11.5. The third-order valence-electron chi connectivity index (χ3n) is 3.17. The van der Waals surface area contributed by atoms with Crippen LogP contribution in [-0.4, -0.2) is 56.3 Å². The van der Waals surface area contributed by atoms with Gasteiger partial charge in [-0.05, 0) is 6.92 Å². The fourth-order valence-corrected chi connectivity index (χ4v) is 1.91. The monoisotopic (exact) mass is 225 g/mol. The van der Waals surface area contributed by atoms with E-state index in [0.29, 0.717) is 24.7 Å². The van der Waals surface area contributed by atoms with E-state index >= 15 is 0 Å². The van der Waals surface area contributed by atoms with Crippen molar-refractivity contribution in [3.63, 3.8) is 0 Å². The summed E-state index contributed by atoms with van der Waals surface area (Å²) in [6.45, 7) is 5.36. The van der Waals surface area contributed by atoms with Crippen LogP contribution in [0, 0.1) is 0 Å². The number of aliphatic imine (C=N–C) groups is 1. The lowest BCUT2D eigenvalue weighted by Gasteiger charge is -2.43. The van der Waals surface area contributed by atoms with Crippen molar-refractivity contribution in [2.75, 3.05) is 33.4 Å². The highest BCUT2D eigenvalue weighted by Crippen LogP contribution is 2.18. The summed E-state index contributed by atoms with van der Waals surface area (Å²) in [6.07, 6.45) is 1.92. The van der Waals surface area contributed by atoms with Gasteiger partial charge in [-0.15, -0.1) is 0 Å². The molecule has 0 radical (unpaired) electrons. The second-order valence-electron chi connectivity index (χ2n) is 4.27. The van der Waals surface area contributed by atoms with Crippen molar-refractivity contribution in [2.45, 2.75) is 19.1 Å². The molecule has 1 fully saturated rings. The smallest absolute Gasteiger partial charge is 0.213 e. The van der Waals surface area contributed by atoms with Crippen molar-refractivity contribution >= 4 is 5.90 Å². The van der Waals surface area contributed by atoms with Crippen LogP contribution in [0.15, 0.2) is 16.8 Å². The highest BCUT2D eigenvalue weighted by molar-refractivity contribution is 5.93. The summed E-state index contributed by atoms with van der Waals surface area (Å²) in [4.78, 5) is 6.74. The van der Waals surface area contributed by atoms with Gasteiger partial charge in [-0.2, -0.15) is 0 Å². The number of ether oxygens (including phenoxy) is 2. The third-order valence-corrected chi connectivity index (χ3v) is 3.17. The molecular formula is C11H19N3O2. The number of rotatable bonds is 3. The van der Waals surface area contributed by atoms with E-state index in [4.69, 9.17) is 15.2 Å². The Morgan fingerprint density at radius 3 is 2.88 bits per heavy atom. The van der Waals surface area contributed by atoms with E-state index in [1.54, 1.807) is 7.11 Å². The normalized spacial score (nSPS) is 28.2. The van der Waals surface area contributed by atoms with E-state index in [0.717, 1.165) is 25.2 Å². The quantitative estimate of drug-likeness (QED) is 0.733. The van der Waals surface area contributed by atoms with Crippen LogP contribution < -0.4 is 5.73 Å². The number of nitrogens with two attached hydrogens (primary N) is 1. The van der Waals surface area contributed by atoms with Crippen LogP contribution in [0.2, 0.25) is 0 Å². The minimum Gasteiger partial charge on any atom is -0.476 e. The predicted octanol–water partition coefficient (Wildman–Crippen LogP) is -0.0232. The van der Waals surface area contributed by atoms with Gasteiger partial charge < -0.3 is 15.2 Å². The third kappa shape index (κ3) is 2.20. The number of likely N-dealkylation sites (tertiary alicyclic amines) is 1. The molecule has 0 amide bonds. The van der Waals surface area contributed by atoms with Gasteiger partial charge >= 0.3 is 0 Å². The summed E-state index contributed by atoms with van der Waals surface area (Å²) in [7, 11) is 1.75. The van der Waals surface area contributed by atoms with Gasteiger partial charge in [-0.25, -0.2) is 4.99 Å². The molecule has 0 saturated carbocycles. The topological polar surface area (TPSA) is 60.1 Å². The fraction of sp³-hybridized carbons (Fsp3) is 0.727.